The second-order valence-electron chi connectivity index (χ2n) is 7.47. The predicted octanol–water partition coefficient (Wildman–Crippen LogP) is 3.29. The quantitative estimate of drug-likeness (QED) is 0.628. The predicted molar refractivity (Wildman–Crippen MR) is 103 cm³/mol. The molecule has 0 saturated heterocycles. The van der Waals surface area contributed by atoms with Crippen LogP contribution >= 0.6 is 0 Å². The van der Waals surface area contributed by atoms with Crippen molar-refractivity contribution in [3.8, 4) is 5.75 Å². The lowest BCUT2D eigenvalue weighted by Crippen LogP contribution is -2.42. The Labute approximate surface area is 163 Å². The zero-order valence-electron chi connectivity index (χ0n) is 15.9. The number of anilines is 1. The van der Waals surface area contributed by atoms with E-state index in [2.05, 4.69) is 10.6 Å². The maximum atomic E-state index is 12.6. The molecule has 3 rings (SSSR count). The number of nitrogens with one attached hydrogen (secondary N) is 2. The van der Waals surface area contributed by atoms with Gasteiger partial charge < -0.3 is 14.8 Å². The molecule has 0 aliphatic carbocycles. The van der Waals surface area contributed by atoms with Crippen LogP contribution in [0.5, 0.6) is 5.75 Å². The summed E-state index contributed by atoms with van der Waals surface area (Å²) in [7, 11) is 0. The lowest BCUT2D eigenvalue weighted by atomic mass is 10.1. The van der Waals surface area contributed by atoms with Crippen molar-refractivity contribution in [1.82, 2.24) is 5.32 Å². The van der Waals surface area contributed by atoms with Crippen LogP contribution in [0.25, 0.3) is 0 Å². The number of ether oxygens (including phenoxy) is 2. The van der Waals surface area contributed by atoms with E-state index in [9.17, 15) is 14.4 Å². The molecule has 0 fully saturated rings. The summed E-state index contributed by atoms with van der Waals surface area (Å²) in [5, 5.41) is 5.26. The molecule has 0 radical (unpaired) electrons. The summed E-state index contributed by atoms with van der Waals surface area (Å²) < 4.78 is 10.6. The molecule has 1 atom stereocenters. The Morgan fingerprint density at radius 1 is 1.14 bits per heavy atom. The molecule has 28 heavy (non-hydrogen) atoms. The van der Waals surface area contributed by atoms with Crippen LogP contribution in [0.4, 0.5) is 10.5 Å². The third-order valence-electron chi connectivity index (χ3n) is 3.95. The molecule has 1 aliphatic heterocycles. The standard InChI is InChI=1S/C21H22N2O5/c1-21(2,3)28-20(26)22-14-9-10-17-15(12-14)18(24)23-16(19(25)27-17)11-13-7-5-4-6-8-13/h4-10,12,16H,11H2,1-3H3,(H,22,26)(H,23,24)/t16-/m0/s1. The first-order valence-electron chi connectivity index (χ1n) is 8.92. The first-order chi connectivity index (χ1) is 13.2. The van der Waals surface area contributed by atoms with Gasteiger partial charge in [-0.3, -0.25) is 10.1 Å². The number of hydrogen-bond acceptors (Lipinski definition) is 5. The van der Waals surface area contributed by atoms with Crippen molar-refractivity contribution in [1.29, 1.82) is 0 Å². The number of esters is 1. The van der Waals surface area contributed by atoms with E-state index in [1.165, 1.54) is 12.1 Å². The summed E-state index contributed by atoms with van der Waals surface area (Å²) in [6.45, 7) is 5.26. The van der Waals surface area contributed by atoms with Crippen LogP contribution in [-0.4, -0.2) is 29.6 Å². The molecule has 7 heteroatoms. The fraction of sp³-hybridized carbons (Fsp3) is 0.286. The van der Waals surface area contributed by atoms with Crippen LogP contribution in [0, 0.1) is 0 Å². The zero-order valence-corrected chi connectivity index (χ0v) is 15.9. The van der Waals surface area contributed by atoms with Gasteiger partial charge in [0, 0.05) is 12.1 Å². The summed E-state index contributed by atoms with van der Waals surface area (Å²) in [6, 6.07) is 13.0. The van der Waals surface area contributed by atoms with Crippen molar-refractivity contribution in [3.05, 3.63) is 59.7 Å². The topological polar surface area (TPSA) is 93.7 Å². The van der Waals surface area contributed by atoms with Gasteiger partial charge in [0.25, 0.3) is 5.91 Å². The van der Waals surface area contributed by atoms with Gasteiger partial charge in [0.2, 0.25) is 0 Å². The molecule has 2 amide bonds. The van der Waals surface area contributed by atoms with Gasteiger partial charge in [-0.05, 0) is 44.5 Å². The van der Waals surface area contributed by atoms with E-state index >= 15 is 0 Å². The fourth-order valence-electron chi connectivity index (χ4n) is 2.75. The molecule has 0 aromatic heterocycles. The molecule has 1 heterocycles. The highest BCUT2D eigenvalue weighted by atomic mass is 16.6. The second kappa shape index (κ2) is 7.72. The van der Waals surface area contributed by atoms with Gasteiger partial charge in [0.05, 0.1) is 5.56 Å². The van der Waals surface area contributed by atoms with E-state index in [1.54, 1.807) is 26.8 Å². The number of carbonyl (C=O) groups is 3. The average molecular weight is 382 g/mol. The van der Waals surface area contributed by atoms with Gasteiger partial charge in [0.15, 0.2) is 0 Å². The first kappa shape index (κ1) is 19.4. The van der Waals surface area contributed by atoms with Gasteiger partial charge >= 0.3 is 12.1 Å². The van der Waals surface area contributed by atoms with Crippen LogP contribution in [0.1, 0.15) is 36.7 Å². The average Bonchev–Trinajstić information content (AvgIpc) is 2.71. The Morgan fingerprint density at radius 2 is 1.86 bits per heavy atom. The van der Waals surface area contributed by atoms with E-state index in [-0.39, 0.29) is 11.3 Å². The smallest absolute Gasteiger partial charge is 0.412 e. The molecular weight excluding hydrogens is 360 g/mol. The van der Waals surface area contributed by atoms with Crippen LogP contribution < -0.4 is 15.4 Å². The zero-order chi connectivity index (χ0) is 20.3. The molecule has 2 aromatic carbocycles. The number of carbonyl (C=O) groups excluding carboxylic acids is 3. The molecule has 0 unspecified atom stereocenters. The molecule has 2 N–H and O–H groups in total. The van der Waals surface area contributed by atoms with Crippen LogP contribution in [0.15, 0.2) is 48.5 Å². The minimum Gasteiger partial charge on any atom is -0.444 e. The summed E-state index contributed by atoms with van der Waals surface area (Å²) in [4.78, 5) is 37.0. The third kappa shape index (κ3) is 4.88. The van der Waals surface area contributed by atoms with E-state index in [4.69, 9.17) is 9.47 Å². The van der Waals surface area contributed by atoms with E-state index in [1.807, 2.05) is 30.3 Å². The van der Waals surface area contributed by atoms with Gasteiger partial charge in [-0.1, -0.05) is 30.3 Å². The Bertz CT molecular complexity index is 903. The van der Waals surface area contributed by atoms with E-state index < -0.39 is 29.6 Å². The van der Waals surface area contributed by atoms with Crippen LogP contribution in [0.3, 0.4) is 0 Å². The summed E-state index contributed by atoms with van der Waals surface area (Å²) in [5.41, 5.74) is 0.786. The van der Waals surface area contributed by atoms with Crippen molar-refractivity contribution < 1.29 is 23.9 Å². The van der Waals surface area contributed by atoms with Gasteiger partial charge in [-0.25, -0.2) is 9.59 Å². The SMILES string of the molecule is CC(C)(C)OC(=O)Nc1ccc2c(c1)C(=O)N[C@@H](Cc1ccccc1)C(=O)O2. The van der Waals surface area contributed by atoms with Crippen LogP contribution in [0.2, 0.25) is 0 Å². The third-order valence-corrected chi connectivity index (χ3v) is 3.95. The number of hydrogen-bond donors (Lipinski definition) is 2. The van der Waals surface area contributed by atoms with Crippen molar-refractivity contribution in [2.24, 2.45) is 0 Å². The molecular formula is C21H22N2O5. The van der Waals surface area contributed by atoms with Gasteiger partial charge in [-0.15, -0.1) is 0 Å². The Kier molecular flexibility index (Phi) is 5.35. The fourth-order valence-corrected chi connectivity index (χ4v) is 2.75. The summed E-state index contributed by atoms with van der Waals surface area (Å²) in [5.74, 6) is -0.841. The van der Waals surface area contributed by atoms with Gasteiger partial charge in [0.1, 0.15) is 17.4 Å². The Balaban J connectivity index is 1.76. The Hall–Kier alpha value is -3.35. The van der Waals surface area contributed by atoms with Crippen LogP contribution in [-0.2, 0) is 16.0 Å². The highest BCUT2D eigenvalue weighted by Crippen LogP contribution is 2.26. The number of fused-ring (bicyclic) bond motifs is 1. The largest absolute Gasteiger partial charge is 0.444 e. The monoisotopic (exact) mass is 382 g/mol. The van der Waals surface area contributed by atoms with Gasteiger partial charge in [-0.2, -0.15) is 0 Å². The number of benzene rings is 2. The second-order valence-corrected chi connectivity index (χ2v) is 7.47. The molecule has 7 nitrogen and oxygen atoms in total. The number of rotatable bonds is 3. The summed E-state index contributed by atoms with van der Waals surface area (Å²) >= 11 is 0. The van der Waals surface area contributed by atoms with Crippen molar-refractivity contribution in [2.45, 2.75) is 38.8 Å². The minimum atomic E-state index is -0.801. The minimum absolute atomic E-state index is 0.146. The normalized spacial score (nSPS) is 16.3. The highest BCUT2D eigenvalue weighted by Gasteiger charge is 2.30. The summed E-state index contributed by atoms with van der Waals surface area (Å²) in [6.07, 6.45) is -0.317. The van der Waals surface area contributed by atoms with E-state index in [0.29, 0.717) is 12.1 Å². The van der Waals surface area contributed by atoms with Crippen molar-refractivity contribution in [3.63, 3.8) is 0 Å². The maximum absolute atomic E-state index is 12.6. The molecule has 2 aromatic rings. The molecule has 1 aliphatic rings. The van der Waals surface area contributed by atoms with Crippen molar-refractivity contribution in [2.75, 3.05) is 5.32 Å². The highest BCUT2D eigenvalue weighted by molar-refractivity contribution is 6.03. The maximum Gasteiger partial charge on any atom is 0.412 e. The van der Waals surface area contributed by atoms with Crippen molar-refractivity contribution >= 4 is 23.7 Å². The molecule has 0 spiro atoms. The van der Waals surface area contributed by atoms with E-state index in [0.717, 1.165) is 5.56 Å². The molecule has 146 valence electrons. The first-order valence-corrected chi connectivity index (χ1v) is 8.92. The molecule has 0 saturated carbocycles. The molecule has 0 bridgehead atoms. The lowest BCUT2D eigenvalue weighted by Gasteiger charge is -2.19. The Morgan fingerprint density at radius 3 is 2.54 bits per heavy atom. The lowest BCUT2D eigenvalue weighted by molar-refractivity contribution is -0.136. The number of amides is 2.